The summed E-state index contributed by atoms with van der Waals surface area (Å²) in [5.74, 6) is 1.67. The van der Waals surface area contributed by atoms with Gasteiger partial charge in [-0.05, 0) is 40.4 Å². The van der Waals surface area contributed by atoms with Crippen molar-refractivity contribution in [1.82, 2.24) is 20.6 Å². The van der Waals surface area contributed by atoms with Gasteiger partial charge in [-0.3, -0.25) is 15.0 Å². The molecule has 1 heterocycles. The van der Waals surface area contributed by atoms with Crippen LogP contribution in [-0.4, -0.2) is 42.2 Å². The fourth-order valence-corrected chi connectivity index (χ4v) is 1.97. The molecule has 1 aliphatic carbocycles. The van der Waals surface area contributed by atoms with E-state index in [9.17, 15) is 0 Å². The highest BCUT2D eigenvalue weighted by atomic mass is 79.9. The molecule has 2 rings (SSSR count). The number of amidine groups is 1. The van der Waals surface area contributed by atoms with E-state index in [1.54, 1.807) is 17.4 Å². The first-order valence-corrected chi connectivity index (χ1v) is 8.59. The second-order valence-electron chi connectivity index (χ2n) is 5.48. The molecule has 2 N–H and O–H groups in total. The third kappa shape index (κ3) is 6.54. The summed E-state index contributed by atoms with van der Waals surface area (Å²) in [6.07, 6.45) is 9.58. The van der Waals surface area contributed by atoms with Gasteiger partial charge in [0, 0.05) is 43.1 Å². The van der Waals surface area contributed by atoms with E-state index >= 15 is 0 Å². The van der Waals surface area contributed by atoms with E-state index in [2.05, 4.69) is 48.2 Å². The SMILES string of the molecule is C=C(Br)/C=N\N(C)C(C=C(NC)NC1CC1)=NCc1cccnc1. The predicted octanol–water partition coefficient (Wildman–Crippen LogP) is 2.62. The summed E-state index contributed by atoms with van der Waals surface area (Å²) in [4.78, 5) is 8.80. The number of hydrogen-bond donors (Lipinski definition) is 2. The molecule has 0 aromatic carbocycles. The quantitative estimate of drug-likeness (QED) is 0.406. The molecule has 1 aliphatic rings. The first-order valence-electron chi connectivity index (χ1n) is 7.80. The van der Waals surface area contributed by atoms with Crippen LogP contribution >= 0.6 is 15.9 Å². The van der Waals surface area contributed by atoms with E-state index in [1.165, 1.54) is 12.8 Å². The van der Waals surface area contributed by atoms with Gasteiger partial charge in [-0.2, -0.15) is 5.10 Å². The highest BCUT2D eigenvalue weighted by Gasteiger charge is 2.21. The van der Waals surface area contributed by atoms with Crippen molar-refractivity contribution < 1.29 is 0 Å². The average Bonchev–Trinajstić information content (AvgIpc) is 3.40. The van der Waals surface area contributed by atoms with Crippen molar-refractivity contribution in [1.29, 1.82) is 0 Å². The van der Waals surface area contributed by atoms with Crippen LogP contribution in [0.25, 0.3) is 0 Å². The van der Waals surface area contributed by atoms with Crippen molar-refractivity contribution in [3.63, 3.8) is 0 Å². The molecule has 0 radical (unpaired) electrons. The summed E-state index contributed by atoms with van der Waals surface area (Å²) in [5.41, 5.74) is 1.05. The summed E-state index contributed by atoms with van der Waals surface area (Å²) < 4.78 is 0.704. The molecule has 1 saturated carbocycles. The largest absolute Gasteiger partial charge is 0.375 e. The van der Waals surface area contributed by atoms with E-state index in [-0.39, 0.29) is 0 Å². The van der Waals surface area contributed by atoms with Gasteiger partial charge < -0.3 is 10.6 Å². The monoisotopic (exact) mass is 390 g/mol. The van der Waals surface area contributed by atoms with Crippen LogP contribution in [0.2, 0.25) is 0 Å². The van der Waals surface area contributed by atoms with Crippen molar-refractivity contribution >= 4 is 28.0 Å². The van der Waals surface area contributed by atoms with Crippen LogP contribution in [0.1, 0.15) is 18.4 Å². The fraction of sp³-hybridized carbons (Fsp3) is 0.353. The number of allylic oxidation sites excluding steroid dienone is 1. The summed E-state index contributed by atoms with van der Waals surface area (Å²) >= 11 is 3.27. The second kappa shape index (κ2) is 9.22. The number of nitrogens with zero attached hydrogens (tertiary/aromatic N) is 4. The lowest BCUT2D eigenvalue weighted by Crippen LogP contribution is -2.29. The smallest absolute Gasteiger partial charge is 0.147 e. The molecule has 1 aromatic heterocycles. The van der Waals surface area contributed by atoms with Gasteiger partial charge in [0.2, 0.25) is 0 Å². The van der Waals surface area contributed by atoms with E-state index in [0.29, 0.717) is 17.1 Å². The lowest BCUT2D eigenvalue weighted by Gasteiger charge is -2.16. The molecule has 6 nitrogen and oxygen atoms in total. The summed E-state index contributed by atoms with van der Waals surface area (Å²) in [6.45, 7) is 4.29. The predicted molar refractivity (Wildman–Crippen MR) is 103 cm³/mol. The molecule has 128 valence electrons. The van der Waals surface area contributed by atoms with Crippen LogP contribution in [0.5, 0.6) is 0 Å². The molecule has 1 fully saturated rings. The number of likely N-dealkylation sites (N-methyl/N-ethyl adjacent to an activating group) is 1. The Labute approximate surface area is 151 Å². The lowest BCUT2D eigenvalue weighted by molar-refractivity contribution is 0.546. The van der Waals surface area contributed by atoms with Gasteiger partial charge in [-0.25, -0.2) is 0 Å². The maximum absolute atomic E-state index is 4.67. The first-order chi connectivity index (χ1) is 11.6. The van der Waals surface area contributed by atoms with Crippen molar-refractivity contribution in [2.75, 3.05) is 14.1 Å². The minimum atomic E-state index is 0.537. The molecular weight excluding hydrogens is 368 g/mol. The zero-order valence-electron chi connectivity index (χ0n) is 14.0. The van der Waals surface area contributed by atoms with Crippen LogP contribution in [0, 0.1) is 0 Å². The van der Waals surface area contributed by atoms with Crippen molar-refractivity contribution in [2.24, 2.45) is 10.1 Å². The number of halogens is 1. The molecule has 1 aromatic rings. The van der Waals surface area contributed by atoms with E-state index in [1.807, 2.05) is 38.5 Å². The number of aliphatic imine (C=N–C) groups is 1. The minimum Gasteiger partial charge on any atom is -0.375 e. The molecule has 24 heavy (non-hydrogen) atoms. The Balaban J connectivity index is 2.18. The standard InChI is InChI=1S/C17H23BrN6/c1-13(18)10-22-24(3)17(9-16(19-2)23-15-6-7-15)21-12-14-5-4-8-20-11-14/h4-5,8-11,15,19,23H,1,6-7,12H2,2-3H3/b16-9?,21-17?,22-10-. The fourth-order valence-electron chi connectivity index (χ4n) is 1.88. The Morgan fingerprint density at radius 2 is 2.33 bits per heavy atom. The zero-order valence-corrected chi connectivity index (χ0v) is 15.6. The Hall–Kier alpha value is -2.15. The number of aromatic nitrogens is 1. The number of nitrogens with one attached hydrogen (secondary N) is 2. The van der Waals surface area contributed by atoms with Crippen LogP contribution < -0.4 is 10.6 Å². The summed E-state index contributed by atoms with van der Waals surface area (Å²) in [7, 11) is 3.75. The minimum absolute atomic E-state index is 0.537. The van der Waals surface area contributed by atoms with Gasteiger partial charge in [0.25, 0.3) is 0 Å². The third-order valence-electron chi connectivity index (χ3n) is 3.33. The van der Waals surface area contributed by atoms with Crippen LogP contribution in [0.3, 0.4) is 0 Å². The Morgan fingerprint density at radius 3 is 2.92 bits per heavy atom. The van der Waals surface area contributed by atoms with Crippen LogP contribution in [-0.2, 0) is 6.54 Å². The van der Waals surface area contributed by atoms with Gasteiger partial charge in [0.15, 0.2) is 0 Å². The molecule has 0 spiro atoms. The Kier molecular flexibility index (Phi) is 6.99. The molecular formula is C17H23BrN6. The maximum Gasteiger partial charge on any atom is 0.147 e. The summed E-state index contributed by atoms with van der Waals surface area (Å²) in [5, 5.41) is 12.7. The van der Waals surface area contributed by atoms with E-state index < -0.39 is 0 Å². The van der Waals surface area contributed by atoms with E-state index in [0.717, 1.165) is 17.2 Å². The molecule has 0 unspecified atom stereocenters. The number of pyridine rings is 1. The number of rotatable bonds is 8. The van der Waals surface area contributed by atoms with Crippen molar-refractivity contribution in [3.8, 4) is 0 Å². The highest BCUT2D eigenvalue weighted by Crippen LogP contribution is 2.19. The maximum atomic E-state index is 4.67. The molecule has 7 heteroatoms. The average molecular weight is 391 g/mol. The van der Waals surface area contributed by atoms with Gasteiger partial charge in [-0.1, -0.05) is 12.6 Å². The molecule has 0 amide bonds. The van der Waals surface area contributed by atoms with Gasteiger partial charge >= 0.3 is 0 Å². The summed E-state index contributed by atoms with van der Waals surface area (Å²) in [6, 6.07) is 4.47. The molecule has 0 bridgehead atoms. The third-order valence-corrected chi connectivity index (χ3v) is 3.53. The molecule has 0 aliphatic heterocycles. The van der Waals surface area contributed by atoms with Crippen molar-refractivity contribution in [2.45, 2.75) is 25.4 Å². The highest BCUT2D eigenvalue weighted by molar-refractivity contribution is 9.12. The second-order valence-corrected chi connectivity index (χ2v) is 6.50. The first kappa shape index (κ1) is 18.2. The normalized spacial score (nSPS) is 15.5. The van der Waals surface area contributed by atoms with Gasteiger partial charge in [0.05, 0.1) is 12.8 Å². The van der Waals surface area contributed by atoms with Gasteiger partial charge in [-0.15, -0.1) is 0 Å². The van der Waals surface area contributed by atoms with E-state index in [4.69, 9.17) is 0 Å². The molecule has 0 atom stereocenters. The number of hydrazone groups is 1. The number of hydrogen-bond acceptors (Lipinski definition) is 5. The van der Waals surface area contributed by atoms with Gasteiger partial charge in [0.1, 0.15) is 11.7 Å². The topological polar surface area (TPSA) is 64.9 Å². The Bertz CT molecular complexity index is 634. The van der Waals surface area contributed by atoms with Crippen molar-refractivity contribution in [3.05, 3.63) is 53.0 Å². The van der Waals surface area contributed by atoms with Crippen LogP contribution in [0.15, 0.2) is 57.6 Å². The molecule has 0 saturated heterocycles. The lowest BCUT2D eigenvalue weighted by atomic mass is 10.3. The van der Waals surface area contributed by atoms with Crippen LogP contribution in [0.4, 0.5) is 0 Å². The Morgan fingerprint density at radius 1 is 1.54 bits per heavy atom. The zero-order chi connectivity index (χ0) is 17.4.